The second-order valence-electron chi connectivity index (χ2n) is 9.37. The molecule has 1 atom stereocenters. The minimum Gasteiger partial charge on any atom is -0.341 e. The van der Waals surface area contributed by atoms with E-state index in [1.807, 2.05) is 39.9 Å². The second-order valence-corrected chi connectivity index (χ2v) is 9.37. The maximum atomic E-state index is 13.6. The molecule has 1 saturated carbocycles. The van der Waals surface area contributed by atoms with Crippen LogP contribution >= 0.6 is 0 Å². The lowest BCUT2D eigenvalue weighted by molar-refractivity contribution is -0.133. The molecule has 3 aromatic rings. The fourth-order valence-electron chi connectivity index (χ4n) is 5.08. The third kappa shape index (κ3) is 5.19. The molecular formula is C27H31N5O2. The zero-order valence-corrected chi connectivity index (χ0v) is 19.4. The number of nitrogens with zero attached hydrogens (tertiary/aromatic N) is 5. The summed E-state index contributed by atoms with van der Waals surface area (Å²) in [5, 5.41) is 0. The lowest BCUT2D eigenvalue weighted by atomic mass is 9.84. The third-order valence-electron chi connectivity index (χ3n) is 7.02. The summed E-state index contributed by atoms with van der Waals surface area (Å²) in [6, 6.07) is 16.4. The number of amides is 2. The Kier molecular flexibility index (Phi) is 6.70. The van der Waals surface area contributed by atoms with Crippen LogP contribution in [0.4, 0.5) is 0 Å². The summed E-state index contributed by atoms with van der Waals surface area (Å²) in [6.45, 7) is 1.77. The van der Waals surface area contributed by atoms with Crippen molar-refractivity contribution < 1.29 is 9.59 Å². The minimum atomic E-state index is 0.0302. The highest BCUT2D eigenvalue weighted by Gasteiger charge is 2.42. The molecule has 0 bridgehead atoms. The number of rotatable bonds is 8. The summed E-state index contributed by atoms with van der Waals surface area (Å²) in [4.78, 5) is 38.9. The maximum Gasteiger partial charge on any atom is 0.272 e. The summed E-state index contributed by atoms with van der Waals surface area (Å²) in [7, 11) is 0. The van der Waals surface area contributed by atoms with Crippen LogP contribution in [0.3, 0.4) is 0 Å². The number of carbonyl (C=O) groups excluding carboxylic acids is 2. The van der Waals surface area contributed by atoms with Gasteiger partial charge in [-0.1, -0.05) is 36.4 Å². The molecule has 7 heteroatoms. The highest BCUT2D eigenvalue weighted by Crippen LogP contribution is 2.36. The molecule has 1 aliphatic heterocycles. The van der Waals surface area contributed by atoms with Gasteiger partial charge >= 0.3 is 0 Å². The van der Waals surface area contributed by atoms with E-state index >= 15 is 0 Å². The van der Waals surface area contributed by atoms with Crippen molar-refractivity contribution in [2.75, 3.05) is 13.1 Å². The van der Waals surface area contributed by atoms with E-state index in [4.69, 9.17) is 0 Å². The summed E-state index contributed by atoms with van der Waals surface area (Å²) < 4.78 is 1.81. The van der Waals surface area contributed by atoms with Crippen LogP contribution < -0.4 is 0 Å². The summed E-state index contributed by atoms with van der Waals surface area (Å²) in [5.74, 6) is 0.494. The number of aromatic nitrogens is 3. The number of pyridine rings is 1. The Morgan fingerprint density at radius 3 is 2.38 bits per heavy atom. The van der Waals surface area contributed by atoms with E-state index in [9.17, 15) is 9.59 Å². The minimum absolute atomic E-state index is 0.0302. The van der Waals surface area contributed by atoms with Crippen molar-refractivity contribution in [3.63, 3.8) is 0 Å². The smallest absolute Gasteiger partial charge is 0.272 e. The summed E-state index contributed by atoms with van der Waals surface area (Å²) in [5.41, 5.74) is 1.76. The summed E-state index contributed by atoms with van der Waals surface area (Å²) >= 11 is 0. The predicted molar refractivity (Wildman–Crippen MR) is 129 cm³/mol. The van der Waals surface area contributed by atoms with Gasteiger partial charge in [-0.15, -0.1) is 0 Å². The quantitative estimate of drug-likeness (QED) is 0.520. The largest absolute Gasteiger partial charge is 0.341 e. The van der Waals surface area contributed by atoms with Crippen molar-refractivity contribution in [3.05, 3.63) is 84.7 Å². The topological polar surface area (TPSA) is 71.3 Å². The van der Waals surface area contributed by atoms with Crippen molar-refractivity contribution in [1.82, 2.24) is 24.3 Å². The van der Waals surface area contributed by atoms with Crippen molar-refractivity contribution in [2.24, 2.45) is 5.92 Å². The number of piperidine rings is 1. The second kappa shape index (κ2) is 10.2. The SMILES string of the molecule is O=C(Cn1ccnc1)N1CCC([C@H](Cc2ccccc2)N(C(=O)c2ccccn2)C2CC2)CC1. The van der Waals surface area contributed by atoms with E-state index in [0.717, 1.165) is 45.2 Å². The van der Waals surface area contributed by atoms with Crippen LogP contribution in [-0.4, -0.2) is 61.3 Å². The number of imidazole rings is 1. The Balaban J connectivity index is 1.34. The normalized spacial score (nSPS) is 17.4. The fourth-order valence-corrected chi connectivity index (χ4v) is 5.08. The molecule has 2 aromatic heterocycles. The van der Waals surface area contributed by atoms with Gasteiger partial charge in [0.25, 0.3) is 5.91 Å². The number of likely N-dealkylation sites (tertiary alicyclic amines) is 1. The first-order valence-corrected chi connectivity index (χ1v) is 12.2. The zero-order chi connectivity index (χ0) is 23.3. The number of hydrogen-bond donors (Lipinski definition) is 0. The van der Waals surface area contributed by atoms with Crippen molar-refractivity contribution >= 4 is 11.8 Å². The lowest BCUT2D eigenvalue weighted by Crippen LogP contribution is -2.51. The average Bonchev–Trinajstić information content (AvgIpc) is 3.59. The van der Waals surface area contributed by atoms with Crippen molar-refractivity contribution in [2.45, 2.75) is 50.7 Å². The first-order chi connectivity index (χ1) is 16.7. The van der Waals surface area contributed by atoms with Gasteiger partial charge < -0.3 is 14.4 Å². The van der Waals surface area contributed by atoms with Gasteiger partial charge in [0, 0.05) is 43.8 Å². The van der Waals surface area contributed by atoms with Gasteiger partial charge in [0.05, 0.1) is 6.33 Å². The van der Waals surface area contributed by atoms with Crippen LogP contribution in [0.5, 0.6) is 0 Å². The van der Waals surface area contributed by atoms with Crippen LogP contribution in [0.1, 0.15) is 41.7 Å². The molecule has 0 spiro atoms. The van der Waals surface area contributed by atoms with Crippen LogP contribution in [0.15, 0.2) is 73.4 Å². The maximum absolute atomic E-state index is 13.6. The zero-order valence-electron chi connectivity index (χ0n) is 19.4. The Morgan fingerprint density at radius 1 is 0.971 bits per heavy atom. The van der Waals surface area contributed by atoms with Crippen LogP contribution in [-0.2, 0) is 17.8 Å². The lowest BCUT2D eigenvalue weighted by Gasteiger charge is -2.41. The highest BCUT2D eigenvalue weighted by atomic mass is 16.2. The Hall–Kier alpha value is -3.48. The van der Waals surface area contributed by atoms with Gasteiger partial charge in [0.1, 0.15) is 12.2 Å². The molecule has 0 N–H and O–H groups in total. The van der Waals surface area contributed by atoms with Gasteiger partial charge in [-0.2, -0.15) is 0 Å². The molecule has 1 saturated heterocycles. The van der Waals surface area contributed by atoms with E-state index in [1.54, 1.807) is 18.7 Å². The standard InChI is InChI=1S/C27H31N5O2/c33-26(19-30-17-14-28-20-30)31-15-11-22(12-16-31)25(18-21-6-2-1-3-7-21)32(23-9-10-23)27(34)24-8-4-5-13-29-24/h1-8,13-14,17,20,22-23,25H,9-12,15-16,18-19H2/t25-/m0/s1. The van der Waals surface area contributed by atoms with E-state index in [0.29, 0.717) is 18.2 Å². The average molecular weight is 458 g/mol. The molecule has 7 nitrogen and oxygen atoms in total. The number of hydrogen-bond acceptors (Lipinski definition) is 4. The number of benzene rings is 1. The van der Waals surface area contributed by atoms with E-state index < -0.39 is 0 Å². The predicted octanol–water partition coefficient (Wildman–Crippen LogP) is 3.43. The third-order valence-corrected chi connectivity index (χ3v) is 7.02. The molecule has 1 aromatic carbocycles. The first-order valence-electron chi connectivity index (χ1n) is 12.2. The molecule has 2 amide bonds. The van der Waals surface area contributed by atoms with Crippen molar-refractivity contribution in [1.29, 1.82) is 0 Å². The Bertz CT molecular complexity index is 1070. The van der Waals surface area contributed by atoms with Gasteiger partial charge in [-0.05, 0) is 55.7 Å². The molecule has 2 aliphatic rings. The Labute approximate surface area is 200 Å². The molecule has 34 heavy (non-hydrogen) atoms. The number of carbonyl (C=O) groups is 2. The molecule has 3 heterocycles. The molecular weight excluding hydrogens is 426 g/mol. The van der Waals surface area contributed by atoms with Crippen LogP contribution in [0.2, 0.25) is 0 Å². The van der Waals surface area contributed by atoms with E-state index in [-0.39, 0.29) is 23.9 Å². The van der Waals surface area contributed by atoms with Gasteiger partial charge in [-0.25, -0.2) is 4.98 Å². The molecule has 0 radical (unpaired) electrons. The molecule has 2 fully saturated rings. The highest BCUT2D eigenvalue weighted by molar-refractivity contribution is 5.93. The van der Waals surface area contributed by atoms with Gasteiger partial charge in [0.2, 0.25) is 5.91 Å². The van der Waals surface area contributed by atoms with Crippen LogP contribution in [0.25, 0.3) is 0 Å². The summed E-state index contributed by atoms with van der Waals surface area (Å²) in [6.07, 6.45) is 11.6. The van der Waals surface area contributed by atoms with Gasteiger partial charge in [0.15, 0.2) is 0 Å². The Morgan fingerprint density at radius 2 is 1.74 bits per heavy atom. The van der Waals surface area contributed by atoms with E-state index in [2.05, 4.69) is 39.1 Å². The molecule has 176 valence electrons. The van der Waals surface area contributed by atoms with Gasteiger partial charge in [-0.3, -0.25) is 14.6 Å². The molecule has 1 aliphatic carbocycles. The monoisotopic (exact) mass is 457 g/mol. The molecule has 0 unspecified atom stereocenters. The van der Waals surface area contributed by atoms with Crippen molar-refractivity contribution in [3.8, 4) is 0 Å². The first kappa shape index (κ1) is 22.3. The fraction of sp³-hybridized carbons (Fsp3) is 0.407. The van der Waals surface area contributed by atoms with E-state index in [1.165, 1.54) is 5.56 Å². The van der Waals surface area contributed by atoms with Crippen LogP contribution in [0, 0.1) is 5.92 Å². The molecule has 5 rings (SSSR count).